The fraction of sp³-hybridized carbons (Fsp3) is 0.167. The molecule has 0 bridgehead atoms. The molecule has 0 aliphatic carbocycles. The Morgan fingerprint density at radius 1 is 0.826 bits per heavy atom. The first-order valence-electron chi connectivity index (χ1n) is 7.08. The van der Waals surface area contributed by atoms with E-state index >= 15 is 0 Å². The third kappa shape index (κ3) is 2.85. The Morgan fingerprint density at radius 2 is 1.57 bits per heavy atom. The Morgan fingerprint density at radius 3 is 2.30 bits per heavy atom. The fourth-order valence-corrected chi connectivity index (χ4v) is 2.35. The number of aromatic nitrogens is 1. The highest BCUT2D eigenvalue weighted by Crippen LogP contribution is 2.37. The van der Waals surface area contributed by atoms with Crippen LogP contribution in [-0.4, -0.2) is 26.3 Å². The molecule has 0 amide bonds. The number of rotatable bonds is 5. The fourth-order valence-electron chi connectivity index (χ4n) is 2.35. The van der Waals surface area contributed by atoms with Gasteiger partial charge in [0.05, 0.1) is 38.7 Å². The number of hydrogen-bond acceptors (Lipinski definition) is 5. The molecule has 0 fully saturated rings. The van der Waals surface area contributed by atoms with E-state index in [0.717, 1.165) is 16.9 Å². The molecule has 5 nitrogen and oxygen atoms in total. The van der Waals surface area contributed by atoms with E-state index < -0.39 is 0 Å². The van der Waals surface area contributed by atoms with Gasteiger partial charge in [0.15, 0.2) is 5.76 Å². The zero-order valence-corrected chi connectivity index (χ0v) is 13.2. The summed E-state index contributed by atoms with van der Waals surface area (Å²) in [7, 11) is 4.85. The van der Waals surface area contributed by atoms with E-state index in [9.17, 15) is 0 Å². The van der Waals surface area contributed by atoms with Crippen molar-refractivity contribution in [3.05, 3.63) is 48.7 Å². The number of hydrogen-bond donors (Lipinski definition) is 0. The maximum atomic E-state index is 5.91. The van der Waals surface area contributed by atoms with Gasteiger partial charge in [-0.25, -0.2) is 4.98 Å². The van der Waals surface area contributed by atoms with E-state index in [1.807, 2.05) is 42.5 Å². The van der Waals surface area contributed by atoms with Crippen LogP contribution in [0.2, 0.25) is 0 Å². The molecule has 0 saturated heterocycles. The van der Waals surface area contributed by atoms with Crippen LogP contribution >= 0.6 is 0 Å². The molecule has 0 radical (unpaired) electrons. The predicted octanol–water partition coefficient (Wildman–Crippen LogP) is 4.03. The standard InChI is InChI=1S/C18H17NO4/c1-20-12-8-9-16(22-3)14(10-12)17-11-19-18(23-17)13-6-4-5-7-15(13)21-2/h4-11H,1-3H3. The summed E-state index contributed by atoms with van der Waals surface area (Å²) in [4.78, 5) is 4.36. The van der Waals surface area contributed by atoms with Crippen LogP contribution in [0.1, 0.15) is 0 Å². The summed E-state index contributed by atoms with van der Waals surface area (Å²) in [5, 5.41) is 0. The van der Waals surface area contributed by atoms with Gasteiger partial charge in [-0.05, 0) is 30.3 Å². The molecule has 0 aliphatic heterocycles. The second kappa shape index (κ2) is 6.44. The molecular weight excluding hydrogens is 294 g/mol. The maximum Gasteiger partial charge on any atom is 0.230 e. The minimum atomic E-state index is 0.488. The third-order valence-corrected chi connectivity index (χ3v) is 3.52. The van der Waals surface area contributed by atoms with Gasteiger partial charge in [0.25, 0.3) is 0 Å². The molecule has 0 spiro atoms. The van der Waals surface area contributed by atoms with Crippen LogP contribution in [0.4, 0.5) is 0 Å². The first-order chi connectivity index (χ1) is 11.3. The lowest BCUT2D eigenvalue weighted by molar-refractivity contribution is 0.403. The lowest BCUT2D eigenvalue weighted by Gasteiger charge is -2.08. The highest BCUT2D eigenvalue weighted by Gasteiger charge is 2.16. The quantitative estimate of drug-likeness (QED) is 0.712. The number of ether oxygens (including phenoxy) is 3. The SMILES string of the molecule is COc1ccc(OC)c(-c2cnc(-c3ccccc3OC)o2)c1. The van der Waals surface area contributed by atoms with Gasteiger partial charge in [0, 0.05) is 0 Å². The molecule has 3 rings (SSSR count). The Labute approximate surface area is 134 Å². The van der Waals surface area contributed by atoms with Gasteiger partial charge >= 0.3 is 0 Å². The van der Waals surface area contributed by atoms with E-state index in [4.69, 9.17) is 18.6 Å². The molecule has 118 valence electrons. The normalized spacial score (nSPS) is 10.4. The van der Waals surface area contributed by atoms with E-state index in [1.165, 1.54) is 0 Å². The predicted molar refractivity (Wildman–Crippen MR) is 87.0 cm³/mol. The largest absolute Gasteiger partial charge is 0.497 e. The van der Waals surface area contributed by atoms with Crippen LogP contribution in [0, 0.1) is 0 Å². The van der Waals surface area contributed by atoms with Crippen molar-refractivity contribution >= 4 is 0 Å². The monoisotopic (exact) mass is 311 g/mol. The Kier molecular flexibility index (Phi) is 4.19. The molecule has 5 heteroatoms. The van der Waals surface area contributed by atoms with Gasteiger partial charge in [-0.2, -0.15) is 0 Å². The van der Waals surface area contributed by atoms with Gasteiger partial charge in [-0.15, -0.1) is 0 Å². The molecule has 0 N–H and O–H groups in total. The average Bonchev–Trinajstić information content (AvgIpc) is 3.10. The summed E-state index contributed by atoms with van der Waals surface area (Å²) < 4.78 is 21.9. The summed E-state index contributed by atoms with van der Waals surface area (Å²) >= 11 is 0. The van der Waals surface area contributed by atoms with Crippen molar-refractivity contribution in [2.75, 3.05) is 21.3 Å². The first-order valence-corrected chi connectivity index (χ1v) is 7.08. The second-order valence-corrected chi connectivity index (χ2v) is 4.80. The molecule has 23 heavy (non-hydrogen) atoms. The summed E-state index contributed by atoms with van der Waals surface area (Å²) in [6, 6.07) is 13.1. The number of benzene rings is 2. The molecule has 0 aliphatic rings. The summed E-state index contributed by atoms with van der Waals surface area (Å²) in [6.45, 7) is 0. The number of methoxy groups -OCH3 is 3. The van der Waals surface area contributed by atoms with Crippen molar-refractivity contribution in [2.45, 2.75) is 0 Å². The van der Waals surface area contributed by atoms with Crippen LogP contribution in [0.3, 0.4) is 0 Å². The lowest BCUT2D eigenvalue weighted by atomic mass is 10.1. The van der Waals surface area contributed by atoms with Crippen molar-refractivity contribution in [3.8, 4) is 40.0 Å². The molecule has 1 heterocycles. The highest BCUT2D eigenvalue weighted by atomic mass is 16.5. The van der Waals surface area contributed by atoms with Gasteiger partial charge in [-0.3, -0.25) is 0 Å². The molecule has 2 aromatic carbocycles. The lowest BCUT2D eigenvalue weighted by Crippen LogP contribution is -1.89. The molecular formula is C18H17NO4. The zero-order chi connectivity index (χ0) is 16.2. The van der Waals surface area contributed by atoms with Crippen LogP contribution in [0.25, 0.3) is 22.8 Å². The zero-order valence-electron chi connectivity index (χ0n) is 13.2. The van der Waals surface area contributed by atoms with Crippen molar-refractivity contribution < 1.29 is 18.6 Å². The van der Waals surface area contributed by atoms with Crippen molar-refractivity contribution in [2.24, 2.45) is 0 Å². The van der Waals surface area contributed by atoms with Crippen molar-refractivity contribution in [1.82, 2.24) is 4.98 Å². The molecule has 0 atom stereocenters. The van der Waals surface area contributed by atoms with Gasteiger partial charge in [-0.1, -0.05) is 12.1 Å². The number of nitrogens with zero attached hydrogens (tertiary/aromatic N) is 1. The highest BCUT2D eigenvalue weighted by molar-refractivity contribution is 5.70. The van der Waals surface area contributed by atoms with Crippen molar-refractivity contribution in [1.29, 1.82) is 0 Å². The minimum Gasteiger partial charge on any atom is -0.497 e. The Balaban J connectivity index is 2.06. The molecule has 0 unspecified atom stereocenters. The third-order valence-electron chi connectivity index (χ3n) is 3.52. The smallest absolute Gasteiger partial charge is 0.230 e. The van der Waals surface area contributed by atoms with E-state index in [1.54, 1.807) is 27.5 Å². The average molecular weight is 311 g/mol. The summed E-state index contributed by atoms with van der Waals surface area (Å²) in [5.41, 5.74) is 1.57. The summed E-state index contributed by atoms with van der Waals surface area (Å²) in [6.07, 6.45) is 1.67. The van der Waals surface area contributed by atoms with Crippen molar-refractivity contribution in [3.63, 3.8) is 0 Å². The number of para-hydroxylation sites is 1. The maximum absolute atomic E-state index is 5.91. The Hall–Kier alpha value is -2.95. The van der Waals surface area contributed by atoms with E-state index in [-0.39, 0.29) is 0 Å². The molecule has 0 saturated carbocycles. The van der Waals surface area contributed by atoms with Crippen LogP contribution in [0.15, 0.2) is 53.1 Å². The Bertz CT molecular complexity index is 810. The molecule has 3 aromatic rings. The van der Waals surface area contributed by atoms with Crippen LogP contribution in [0.5, 0.6) is 17.2 Å². The number of oxazole rings is 1. The van der Waals surface area contributed by atoms with E-state index in [0.29, 0.717) is 23.1 Å². The van der Waals surface area contributed by atoms with Gasteiger partial charge < -0.3 is 18.6 Å². The van der Waals surface area contributed by atoms with Crippen LogP contribution in [-0.2, 0) is 0 Å². The van der Waals surface area contributed by atoms with Gasteiger partial charge in [0.2, 0.25) is 5.89 Å². The first kappa shape index (κ1) is 15.0. The summed E-state index contributed by atoms with van der Waals surface area (Å²) in [5.74, 6) is 3.20. The van der Waals surface area contributed by atoms with Gasteiger partial charge in [0.1, 0.15) is 17.2 Å². The van der Waals surface area contributed by atoms with Crippen LogP contribution < -0.4 is 14.2 Å². The second-order valence-electron chi connectivity index (χ2n) is 4.80. The molecule has 1 aromatic heterocycles. The minimum absolute atomic E-state index is 0.488. The van der Waals surface area contributed by atoms with E-state index in [2.05, 4.69) is 4.98 Å². The topological polar surface area (TPSA) is 53.7 Å².